The smallest absolute Gasteiger partial charge is 0.183 e. The van der Waals surface area contributed by atoms with E-state index < -0.39 is 9.84 Å². The van der Waals surface area contributed by atoms with Crippen LogP contribution in [0.3, 0.4) is 0 Å². The lowest BCUT2D eigenvalue weighted by Gasteiger charge is -2.11. The molecule has 102 valence electrons. The lowest BCUT2D eigenvalue weighted by atomic mass is 10.3. The first-order valence-corrected chi connectivity index (χ1v) is 8.67. The number of sulfone groups is 1. The van der Waals surface area contributed by atoms with Crippen LogP contribution in [0, 0.1) is 0 Å². The van der Waals surface area contributed by atoms with Gasteiger partial charge in [-0.3, -0.25) is 0 Å². The van der Waals surface area contributed by atoms with Gasteiger partial charge in [0.25, 0.3) is 0 Å². The number of rotatable bonds is 4. The first kappa shape index (κ1) is 14.6. The molecule has 19 heavy (non-hydrogen) atoms. The molecule has 0 saturated carbocycles. The number of thiazole rings is 1. The second-order valence-corrected chi connectivity index (χ2v) is 7.88. The molecule has 1 aromatic heterocycles. The van der Waals surface area contributed by atoms with Gasteiger partial charge >= 0.3 is 0 Å². The van der Waals surface area contributed by atoms with Crippen molar-refractivity contribution in [2.45, 2.75) is 11.4 Å². The number of hydrogen-bond donors (Lipinski definition) is 1. The second kappa shape index (κ2) is 5.66. The van der Waals surface area contributed by atoms with Gasteiger partial charge in [-0.25, -0.2) is 13.4 Å². The first-order chi connectivity index (χ1) is 8.88. The highest BCUT2D eigenvalue weighted by molar-refractivity contribution is 7.91. The predicted molar refractivity (Wildman–Crippen MR) is 79.0 cm³/mol. The standard InChI is InChI=1S/C11H10Cl2N2O2S2/c1-19(16,17)10-8(12)3-2-4-9(10)14-5-7-6-15-11(13)18-7/h2-4,6,14H,5H2,1H3. The molecule has 0 atom stereocenters. The van der Waals surface area contributed by atoms with Crippen molar-refractivity contribution in [2.24, 2.45) is 0 Å². The highest BCUT2D eigenvalue weighted by atomic mass is 35.5. The summed E-state index contributed by atoms with van der Waals surface area (Å²) in [6.07, 6.45) is 2.77. The van der Waals surface area contributed by atoms with Crippen LogP contribution in [0.2, 0.25) is 9.49 Å². The van der Waals surface area contributed by atoms with Crippen LogP contribution in [0.5, 0.6) is 0 Å². The Balaban J connectivity index is 2.28. The quantitative estimate of drug-likeness (QED) is 0.928. The molecule has 0 bridgehead atoms. The van der Waals surface area contributed by atoms with Crippen LogP contribution in [0.4, 0.5) is 5.69 Å². The van der Waals surface area contributed by atoms with Crippen LogP contribution in [-0.4, -0.2) is 19.7 Å². The van der Waals surface area contributed by atoms with Gasteiger partial charge < -0.3 is 5.32 Å². The van der Waals surface area contributed by atoms with Gasteiger partial charge in [0.05, 0.1) is 17.3 Å². The second-order valence-electron chi connectivity index (χ2n) is 3.82. The molecule has 2 aromatic rings. The number of anilines is 1. The zero-order valence-electron chi connectivity index (χ0n) is 9.85. The minimum Gasteiger partial charge on any atom is -0.379 e. The molecule has 1 heterocycles. The minimum atomic E-state index is -3.40. The molecular weight excluding hydrogens is 327 g/mol. The van der Waals surface area contributed by atoms with E-state index >= 15 is 0 Å². The summed E-state index contributed by atoms with van der Waals surface area (Å²) in [5.41, 5.74) is 0.472. The van der Waals surface area contributed by atoms with E-state index in [1.807, 2.05) is 0 Å². The van der Waals surface area contributed by atoms with E-state index in [2.05, 4.69) is 10.3 Å². The number of benzene rings is 1. The minimum absolute atomic E-state index is 0.104. The van der Waals surface area contributed by atoms with Crippen molar-refractivity contribution in [1.29, 1.82) is 0 Å². The fourth-order valence-electron chi connectivity index (χ4n) is 1.57. The molecule has 4 nitrogen and oxygen atoms in total. The lowest BCUT2D eigenvalue weighted by Crippen LogP contribution is -2.06. The topological polar surface area (TPSA) is 59.1 Å². The van der Waals surface area contributed by atoms with Gasteiger partial charge in [0.15, 0.2) is 14.3 Å². The maximum absolute atomic E-state index is 11.7. The third kappa shape index (κ3) is 3.60. The van der Waals surface area contributed by atoms with Gasteiger partial charge in [-0.15, -0.1) is 11.3 Å². The Kier molecular flexibility index (Phi) is 4.35. The van der Waals surface area contributed by atoms with Gasteiger partial charge in [0, 0.05) is 17.3 Å². The van der Waals surface area contributed by atoms with Gasteiger partial charge in [0.2, 0.25) is 0 Å². The number of nitrogens with one attached hydrogen (secondary N) is 1. The number of halogens is 2. The van der Waals surface area contributed by atoms with Crippen LogP contribution in [-0.2, 0) is 16.4 Å². The molecule has 2 rings (SSSR count). The fraction of sp³-hybridized carbons (Fsp3) is 0.182. The summed E-state index contributed by atoms with van der Waals surface area (Å²) >= 11 is 13.0. The van der Waals surface area contributed by atoms with Crippen LogP contribution in [0.1, 0.15) is 4.88 Å². The highest BCUT2D eigenvalue weighted by Gasteiger charge is 2.17. The average Bonchev–Trinajstić information content (AvgIpc) is 2.70. The summed E-state index contributed by atoms with van der Waals surface area (Å²) in [6.45, 7) is 0.438. The number of nitrogens with zero attached hydrogens (tertiary/aromatic N) is 1. The summed E-state index contributed by atoms with van der Waals surface area (Å²) in [5.74, 6) is 0. The van der Waals surface area contributed by atoms with Crippen molar-refractivity contribution in [2.75, 3.05) is 11.6 Å². The third-order valence-electron chi connectivity index (χ3n) is 2.32. The zero-order chi connectivity index (χ0) is 14.0. The molecule has 0 aliphatic rings. The molecule has 0 radical (unpaired) electrons. The summed E-state index contributed by atoms with van der Waals surface area (Å²) < 4.78 is 23.9. The van der Waals surface area contributed by atoms with E-state index in [1.54, 1.807) is 24.4 Å². The van der Waals surface area contributed by atoms with Gasteiger partial charge in [-0.05, 0) is 12.1 Å². The van der Waals surface area contributed by atoms with Crippen molar-refractivity contribution < 1.29 is 8.42 Å². The average molecular weight is 337 g/mol. The lowest BCUT2D eigenvalue weighted by molar-refractivity contribution is 0.602. The molecule has 0 unspecified atom stereocenters. The molecule has 0 saturated heterocycles. The monoisotopic (exact) mass is 336 g/mol. The van der Waals surface area contributed by atoms with Crippen LogP contribution in [0.25, 0.3) is 0 Å². The Morgan fingerprint density at radius 1 is 1.37 bits per heavy atom. The van der Waals surface area contributed by atoms with E-state index in [0.717, 1.165) is 11.1 Å². The highest BCUT2D eigenvalue weighted by Crippen LogP contribution is 2.30. The van der Waals surface area contributed by atoms with Gasteiger partial charge in [0.1, 0.15) is 4.90 Å². The number of hydrogen-bond acceptors (Lipinski definition) is 5. The summed E-state index contributed by atoms with van der Waals surface area (Å²) in [5, 5.41) is 3.24. The largest absolute Gasteiger partial charge is 0.379 e. The Hall–Kier alpha value is -0.820. The van der Waals surface area contributed by atoms with E-state index in [4.69, 9.17) is 23.2 Å². The van der Waals surface area contributed by atoms with Crippen LogP contribution < -0.4 is 5.32 Å². The van der Waals surface area contributed by atoms with Crippen molar-refractivity contribution >= 4 is 50.1 Å². The molecule has 0 amide bonds. The Morgan fingerprint density at radius 3 is 2.68 bits per heavy atom. The van der Waals surface area contributed by atoms with Crippen molar-refractivity contribution in [3.05, 3.63) is 38.8 Å². The van der Waals surface area contributed by atoms with E-state index in [9.17, 15) is 8.42 Å². The molecule has 0 spiro atoms. The van der Waals surface area contributed by atoms with Gasteiger partial charge in [-0.1, -0.05) is 29.3 Å². The maximum atomic E-state index is 11.7. The molecule has 1 aromatic carbocycles. The summed E-state index contributed by atoms with van der Waals surface area (Å²) in [6, 6.07) is 4.91. The van der Waals surface area contributed by atoms with E-state index in [-0.39, 0.29) is 9.92 Å². The fourth-order valence-corrected chi connectivity index (χ4v) is 4.05. The van der Waals surface area contributed by atoms with Crippen molar-refractivity contribution in [3.63, 3.8) is 0 Å². The van der Waals surface area contributed by atoms with Crippen LogP contribution in [0.15, 0.2) is 29.3 Å². The Bertz CT molecular complexity index is 698. The molecule has 8 heteroatoms. The molecule has 0 aliphatic heterocycles. The Morgan fingerprint density at radius 2 is 2.11 bits per heavy atom. The summed E-state index contributed by atoms with van der Waals surface area (Å²) in [4.78, 5) is 4.93. The number of aromatic nitrogens is 1. The summed E-state index contributed by atoms with van der Waals surface area (Å²) in [7, 11) is -3.40. The predicted octanol–water partition coefficient (Wildman–Crippen LogP) is 3.47. The van der Waals surface area contributed by atoms with Crippen molar-refractivity contribution in [1.82, 2.24) is 4.98 Å². The molecule has 1 N–H and O–H groups in total. The molecular formula is C11H10Cl2N2O2S2. The van der Waals surface area contributed by atoms with Crippen LogP contribution >= 0.6 is 34.5 Å². The van der Waals surface area contributed by atoms with Gasteiger partial charge in [-0.2, -0.15) is 0 Å². The first-order valence-electron chi connectivity index (χ1n) is 5.20. The van der Waals surface area contributed by atoms with Crippen molar-refractivity contribution in [3.8, 4) is 0 Å². The normalized spacial score (nSPS) is 11.5. The SMILES string of the molecule is CS(=O)(=O)c1c(Cl)cccc1NCc1cnc(Cl)s1. The molecule has 0 aliphatic carbocycles. The molecule has 0 fully saturated rings. The maximum Gasteiger partial charge on any atom is 0.183 e. The Labute approximate surface area is 125 Å². The zero-order valence-corrected chi connectivity index (χ0v) is 13.0. The van der Waals surface area contributed by atoms with E-state index in [1.165, 1.54) is 11.3 Å². The van der Waals surface area contributed by atoms with E-state index in [0.29, 0.717) is 16.7 Å². The third-order valence-corrected chi connectivity index (χ3v) is 5.04.